The van der Waals surface area contributed by atoms with Crippen LogP contribution in [0.1, 0.15) is 44.6 Å². The first kappa shape index (κ1) is 11.4. The lowest BCUT2D eigenvalue weighted by molar-refractivity contribution is -0.128. The second-order valence-corrected chi connectivity index (χ2v) is 4.93. The topological polar surface area (TPSA) is 17.1 Å². The fraction of sp³-hybridized carbons (Fsp3) is 0.533. The minimum atomic E-state index is 0.00976. The minimum absolute atomic E-state index is 0.00976. The van der Waals surface area contributed by atoms with Crippen LogP contribution in [0.5, 0.6) is 0 Å². The molecular formula is C15H20O. The molecule has 1 aromatic rings. The van der Waals surface area contributed by atoms with Crippen molar-refractivity contribution >= 4 is 5.78 Å². The van der Waals surface area contributed by atoms with E-state index >= 15 is 0 Å². The number of hydrogen-bond donors (Lipinski definition) is 0. The van der Waals surface area contributed by atoms with Gasteiger partial charge in [0.2, 0.25) is 0 Å². The van der Waals surface area contributed by atoms with Crippen molar-refractivity contribution in [1.29, 1.82) is 0 Å². The molecule has 1 aliphatic rings. The largest absolute Gasteiger partial charge is 0.299 e. The zero-order chi connectivity index (χ0) is 11.4. The lowest BCUT2D eigenvalue weighted by Gasteiger charge is -2.25. The number of carbonyl (C=O) groups excluding carboxylic acids is 1. The van der Waals surface area contributed by atoms with Crippen LogP contribution in [0.25, 0.3) is 0 Å². The van der Waals surface area contributed by atoms with Gasteiger partial charge in [0.1, 0.15) is 5.78 Å². The van der Waals surface area contributed by atoms with Crippen LogP contribution >= 0.6 is 0 Å². The molecule has 0 heterocycles. The second-order valence-electron chi connectivity index (χ2n) is 4.93. The van der Waals surface area contributed by atoms with E-state index in [1.54, 1.807) is 0 Å². The maximum atomic E-state index is 12.4. The van der Waals surface area contributed by atoms with Gasteiger partial charge in [0.15, 0.2) is 0 Å². The fourth-order valence-corrected chi connectivity index (χ4v) is 2.85. The summed E-state index contributed by atoms with van der Waals surface area (Å²) in [5.41, 5.74) is 1.17. The van der Waals surface area contributed by atoms with Crippen molar-refractivity contribution in [2.75, 3.05) is 0 Å². The molecule has 0 atom stereocenters. The van der Waals surface area contributed by atoms with Gasteiger partial charge in [0.05, 0.1) is 0 Å². The molecule has 0 unspecified atom stereocenters. The average Bonchev–Trinajstić information content (AvgIpc) is 2.80. The second kappa shape index (κ2) is 4.82. The van der Waals surface area contributed by atoms with Crippen molar-refractivity contribution in [3.63, 3.8) is 0 Å². The van der Waals surface area contributed by atoms with Crippen LogP contribution in [0.4, 0.5) is 0 Å². The molecule has 86 valence electrons. The summed E-state index contributed by atoms with van der Waals surface area (Å²) in [5.74, 6) is 0.457. The van der Waals surface area contributed by atoms with E-state index in [4.69, 9.17) is 0 Å². The van der Waals surface area contributed by atoms with Gasteiger partial charge in [-0.25, -0.2) is 0 Å². The molecule has 0 amide bonds. The Morgan fingerprint density at radius 3 is 2.38 bits per heavy atom. The highest BCUT2D eigenvalue weighted by molar-refractivity contribution is 5.87. The highest BCUT2D eigenvalue weighted by atomic mass is 16.1. The standard InChI is InChI=1S/C15H20O/c1-2-15(10-6-7-11-15)14(16)12-13-8-4-3-5-9-13/h3-5,8-9H,2,6-7,10-12H2,1H3. The van der Waals surface area contributed by atoms with Gasteiger partial charge in [-0.1, -0.05) is 50.1 Å². The SMILES string of the molecule is CCC1(C(=O)Cc2ccccc2)CCCC1. The molecule has 0 saturated heterocycles. The van der Waals surface area contributed by atoms with Gasteiger partial charge in [0, 0.05) is 11.8 Å². The molecule has 1 nitrogen and oxygen atoms in total. The zero-order valence-corrected chi connectivity index (χ0v) is 10.0. The van der Waals surface area contributed by atoms with Crippen molar-refractivity contribution < 1.29 is 4.79 Å². The summed E-state index contributed by atoms with van der Waals surface area (Å²) >= 11 is 0. The Balaban J connectivity index is 2.07. The monoisotopic (exact) mass is 216 g/mol. The van der Waals surface area contributed by atoms with E-state index in [-0.39, 0.29) is 5.41 Å². The summed E-state index contributed by atoms with van der Waals surface area (Å²) in [4.78, 5) is 12.4. The number of ketones is 1. The average molecular weight is 216 g/mol. The van der Waals surface area contributed by atoms with E-state index in [0.29, 0.717) is 12.2 Å². The summed E-state index contributed by atoms with van der Waals surface area (Å²) in [6, 6.07) is 10.1. The number of hydrogen-bond acceptors (Lipinski definition) is 1. The Hall–Kier alpha value is -1.11. The summed E-state index contributed by atoms with van der Waals surface area (Å²) < 4.78 is 0. The van der Waals surface area contributed by atoms with Gasteiger partial charge in [-0.05, 0) is 24.8 Å². The molecule has 1 heteroatoms. The smallest absolute Gasteiger partial charge is 0.143 e. The maximum Gasteiger partial charge on any atom is 0.143 e. The summed E-state index contributed by atoms with van der Waals surface area (Å²) in [7, 11) is 0. The normalized spacial score (nSPS) is 18.6. The molecule has 0 radical (unpaired) electrons. The summed E-state index contributed by atoms with van der Waals surface area (Å²) in [6.45, 7) is 2.16. The van der Waals surface area contributed by atoms with E-state index in [9.17, 15) is 4.79 Å². The van der Waals surface area contributed by atoms with E-state index in [2.05, 4.69) is 19.1 Å². The van der Waals surface area contributed by atoms with Crippen molar-refractivity contribution in [2.24, 2.45) is 5.41 Å². The van der Waals surface area contributed by atoms with Crippen LogP contribution in [0, 0.1) is 5.41 Å². The first-order chi connectivity index (χ1) is 7.77. The molecule has 0 bridgehead atoms. The van der Waals surface area contributed by atoms with Gasteiger partial charge in [-0.2, -0.15) is 0 Å². The van der Waals surface area contributed by atoms with Gasteiger partial charge in [0.25, 0.3) is 0 Å². The summed E-state index contributed by atoms with van der Waals surface area (Å²) in [6.07, 6.45) is 6.31. The Labute approximate surface area is 97.9 Å². The third-order valence-corrected chi connectivity index (χ3v) is 4.04. The highest BCUT2D eigenvalue weighted by Crippen LogP contribution is 2.42. The third kappa shape index (κ3) is 2.18. The van der Waals surface area contributed by atoms with Gasteiger partial charge in [-0.15, -0.1) is 0 Å². The molecule has 1 aliphatic carbocycles. The molecule has 1 aromatic carbocycles. The Kier molecular flexibility index (Phi) is 3.42. The Bertz CT molecular complexity index is 347. The maximum absolute atomic E-state index is 12.4. The molecule has 1 fully saturated rings. The number of rotatable bonds is 4. The van der Waals surface area contributed by atoms with Gasteiger partial charge >= 0.3 is 0 Å². The first-order valence-electron chi connectivity index (χ1n) is 6.34. The highest BCUT2D eigenvalue weighted by Gasteiger charge is 2.38. The fourth-order valence-electron chi connectivity index (χ4n) is 2.85. The minimum Gasteiger partial charge on any atom is -0.299 e. The molecule has 2 rings (SSSR count). The van der Waals surface area contributed by atoms with Crippen molar-refractivity contribution in [3.8, 4) is 0 Å². The number of Topliss-reactive ketones (excluding diaryl/α,β-unsaturated/α-hetero) is 1. The van der Waals surface area contributed by atoms with Crippen LogP contribution in [0.15, 0.2) is 30.3 Å². The molecule has 0 spiro atoms. The molecule has 0 aliphatic heterocycles. The van der Waals surface area contributed by atoms with Gasteiger partial charge in [-0.3, -0.25) is 4.79 Å². The van der Waals surface area contributed by atoms with Crippen LogP contribution < -0.4 is 0 Å². The lowest BCUT2D eigenvalue weighted by atomic mass is 9.77. The van der Waals surface area contributed by atoms with Crippen LogP contribution in [0.3, 0.4) is 0 Å². The number of benzene rings is 1. The Morgan fingerprint density at radius 1 is 1.19 bits per heavy atom. The third-order valence-electron chi connectivity index (χ3n) is 4.04. The van der Waals surface area contributed by atoms with E-state index in [0.717, 1.165) is 24.8 Å². The molecule has 0 N–H and O–H groups in total. The van der Waals surface area contributed by atoms with E-state index in [1.165, 1.54) is 12.8 Å². The molecule has 1 saturated carbocycles. The van der Waals surface area contributed by atoms with Crippen LogP contribution in [0.2, 0.25) is 0 Å². The predicted octanol–water partition coefficient (Wildman–Crippen LogP) is 3.77. The number of carbonyl (C=O) groups is 1. The van der Waals surface area contributed by atoms with Crippen molar-refractivity contribution in [1.82, 2.24) is 0 Å². The van der Waals surface area contributed by atoms with Crippen LogP contribution in [-0.4, -0.2) is 5.78 Å². The first-order valence-corrected chi connectivity index (χ1v) is 6.34. The molecule has 0 aromatic heterocycles. The van der Waals surface area contributed by atoms with Crippen molar-refractivity contribution in [2.45, 2.75) is 45.4 Å². The van der Waals surface area contributed by atoms with E-state index < -0.39 is 0 Å². The zero-order valence-electron chi connectivity index (χ0n) is 10.0. The lowest BCUT2D eigenvalue weighted by Crippen LogP contribution is -2.28. The Morgan fingerprint density at radius 2 is 1.81 bits per heavy atom. The van der Waals surface area contributed by atoms with Crippen LogP contribution in [-0.2, 0) is 11.2 Å². The van der Waals surface area contributed by atoms with Crippen molar-refractivity contribution in [3.05, 3.63) is 35.9 Å². The van der Waals surface area contributed by atoms with Gasteiger partial charge < -0.3 is 0 Å². The molecular weight excluding hydrogens is 196 g/mol. The summed E-state index contributed by atoms with van der Waals surface area (Å²) in [5, 5.41) is 0. The predicted molar refractivity (Wildman–Crippen MR) is 66.3 cm³/mol. The van der Waals surface area contributed by atoms with E-state index in [1.807, 2.05) is 18.2 Å². The molecule has 16 heavy (non-hydrogen) atoms. The quantitative estimate of drug-likeness (QED) is 0.748.